The van der Waals surface area contributed by atoms with Crippen molar-refractivity contribution < 1.29 is 28.6 Å². The van der Waals surface area contributed by atoms with Gasteiger partial charge < -0.3 is 19.5 Å². The molecular weight excluding hydrogens is 362 g/mol. The van der Waals surface area contributed by atoms with Crippen LogP contribution in [0.5, 0.6) is 11.5 Å². The van der Waals surface area contributed by atoms with Crippen LogP contribution in [0.25, 0.3) is 0 Å². The molecule has 0 aliphatic heterocycles. The second-order valence-electron chi connectivity index (χ2n) is 6.18. The normalized spacial score (nSPS) is 11.3. The van der Waals surface area contributed by atoms with Gasteiger partial charge in [-0.25, -0.2) is 4.79 Å². The SMILES string of the molecule is COc1cc(C(=O)OC(C)C(=O)c2ccc(NC(C)=O)cc2)cc(OC)c1C. The van der Waals surface area contributed by atoms with Crippen LogP contribution in [0.2, 0.25) is 0 Å². The molecule has 0 heterocycles. The third-order valence-electron chi connectivity index (χ3n) is 4.13. The Balaban J connectivity index is 2.13. The summed E-state index contributed by atoms with van der Waals surface area (Å²) in [7, 11) is 2.99. The molecular formula is C21H23NO6. The highest BCUT2D eigenvalue weighted by Crippen LogP contribution is 2.30. The van der Waals surface area contributed by atoms with E-state index in [1.807, 2.05) is 6.92 Å². The first-order valence-corrected chi connectivity index (χ1v) is 8.62. The van der Waals surface area contributed by atoms with E-state index >= 15 is 0 Å². The van der Waals surface area contributed by atoms with E-state index in [1.54, 1.807) is 36.4 Å². The molecule has 1 atom stereocenters. The largest absolute Gasteiger partial charge is 0.496 e. The number of hydrogen-bond acceptors (Lipinski definition) is 6. The van der Waals surface area contributed by atoms with Gasteiger partial charge in [-0.05, 0) is 50.2 Å². The molecule has 0 bridgehead atoms. The Morgan fingerprint density at radius 3 is 1.93 bits per heavy atom. The number of benzene rings is 2. The molecule has 7 heteroatoms. The lowest BCUT2D eigenvalue weighted by Gasteiger charge is -2.15. The fourth-order valence-corrected chi connectivity index (χ4v) is 2.64. The van der Waals surface area contributed by atoms with Crippen molar-refractivity contribution in [3.8, 4) is 11.5 Å². The maximum atomic E-state index is 12.5. The molecule has 0 spiro atoms. The molecule has 7 nitrogen and oxygen atoms in total. The molecule has 0 aliphatic carbocycles. The van der Waals surface area contributed by atoms with E-state index in [4.69, 9.17) is 14.2 Å². The average Bonchev–Trinajstić information content (AvgIpc) is 2.67. The van der Waals surface area contributed by atoms with Gasteiger partial charge in [0, 0.05) is 23.7 Å². The first-order valence-electron chi connectivity index (χ1n) is 8.62. The van der Waals surface area contributed by atoms with Crippen LogP contribution in [0.15, 0.2) is 36.4 Å². The van der Waals surface area contributed by atoms with Gasteiger partial charge >= 0.3 is 5.97 Å². The van der Waals surface area contributed by atoms with Crippen molar-refractivity contribution in [3.05, 3.63) is 53.1 Å². The summed E-state index contributed by atoms with van der Waals surface area (Å²) in [5.41, 5.74) is 1.92. The molecule has 1 amide bonds. The number of amides is 1. The second kappa shape index (κ2) is 9.03. The molecule has 0 aliphatic rings. The summed E-state index contributed by atoms with van der Waals surface area (Å²) in [5, 5.41) is 2.62. The zero-order valence-corrected chi connectivity index (χ0v) is 16.5. The fourth-order valence-electron chi connectivity index (χ4n) is 2.64. The van der Waals surface area contributed by atoms with Crippen LogP contribution in [-0.2, 0) is 9.53 Å². The summed E-state index contributed by atoms with van der Waals surface area (Å²) in [6.07, 6.45) is -0.989. The van der Waals surface area contributed by atoms with Gasteiger partial charge in [-0.3, -0.25) is 9.59 Å². The lowest BCUT2D eigenvalue weighted by Crippen LogP contribution is -2.24. The standard InChI is InChI=1S/C21H23NO6/c1-12-18(26-4)10-16(11-19(12)27-5)21(25)28-13(2)20(24)15-6-8-17(9-7-15)22-14(3)23/h6-11,13H,1-5H3,(H,22,23). The lowest BCUT2D eigenvalue weighted by atomic mass is 10.1. The minimum Gasteiger partial charge on any atom is -0.496 e. The molecule has 1 unspecified atom stereocenters. The third-order valence-corrected chi connectivity index (χ3v) is 4.13. The zero-order chi connectivity index (χ0) is 20.8. The van der Waals surface area contributed by atoms with Crippen molar-refractivity contribution in [2.24, 2.45) is 0 Å². The predicted molar refractivity (Wildman–Crippen MR) is 104 cm³/mol. The number of nitrogens with one attached hydrogen (secondary N) is 1. The van der Waals surface area contributed by atoms with Gasteiger partial charge in [0.15, 0.2) is 6.10 Å². The predicted octanol–water partition coefficient (Wildman–Crippen LogP) is 3.40. The number of Topliss-reactive ketones (excluding diaryl/α,β-unsaturated/α-hetero) is 1. The monoisotopic (exact) mass is 385 g/mol. The van der Waals surface area contributed by atoms with Crippen LogP contribution < -0.4 is 14.8 Å². The van der Waals surface area contributed by atoms with Gasteiger partial charge in [-0.2, -0.15) is 0 Å². The van der Waals surface area contributed by atoms with E-state index in [0.29, 0.717) is 22.7 Å². The highest BCUT2D eigenvalue weighted by atomic mass is 16.5. The summed E-state index contributed by atoms with van der Waals surface area (Å²) in [5.74, 6) is -0.246. The number of esters is 1. The quantitative estimate of drug-likeness (QED) is 0.580. The lowest BCUT2D eigenvalue weighted by molar-refractivity contribution is -0.114. The van der Waals surface area contributed by atoms with Crippen LogP contribution in [0.3, 0.4) is 0 Å². The van der Waals surface area contributed by atoms with Crippen LogP contribution in [0.1, 0.15) is 40.1 Å². The summed E-state index contributed by atoms with van der Waals surface area (Å²) >= 11 is 0. The number of ketones is 1. The number of carbonyl (C=O) groups is 3. The minimum absolute atomic E-state index is 0.203. The summed E-state index contributed by atoms with van der Waals surface area (Å²) in [6, 6.07) is 9.43. The summed E-state index contributed by atoms with van der Waals surface area (Å²) < 4.78 is 15.8. The van der Waals surface area contributed by atoms with Gasteiger partial charge in [0.2, 0.25) is 11.7 Å². The molecule has 0 aromatic heterocycles. The van der Waals surface area contributed by atoms with Gasteiger partial charge in [-0.15, -0.1) is 0 Å². The van der Waals surface area contributed by atoms with Gasteiger partial charge in [-0.1, -0.05) is 0 Å². The fraction of sp³-hybridized carbons (Fsp3) is 0.286. The van der Waals surface area contributed by atoms with Crippen LogP contribution >= 0.6 is 0 Å². The van der Waals surface area contributed by atoms with Crippen LogP contribution in [0.4, 0.5) is 5.69 Å². The number of carbonyl (C=O) groups excluding carboxylic acids is 3. The average molecular weight is 385 g/mol. The van der Waals surface area contributed by atoms with Crippen molar-refractivity contribution >= 4 is 23.3 Å². The highest BCUT2D eigenvalue weighted by Gasteiger charge is 2.22. The Bertz CT molecular complexity index is 863. The summed E-state index contributed by atoms with van der Waals surface area (Å²) in [4.78, 5) is 36.1. The van der Waals surface area contributed by atoms with E-state index in [2.05, 4.69) is 5.32 Å². The Labute approximate surface area is 163 Å². The van der Waals surface area contributed by atoms with Crippen molar-refractivity contribution in [1.29, 1.82) is 0 Å². The zero-order valence-electron chi connectivity index (χ0n) is 16.5. The van der Waals surface area contributed by atoms with Gasteiger partial charge in [0.05, 0.1) is 19.8 Å². The van der Waals surface area contributed by atoms with E-state index < -0.39 is 12.1 Å². The maximum absolute atomic E-state index is 12.5. The Morgan fingerprint density at radius 2 is 1.46 bits per heavy atom. The minimum atomic E-state index is -0.989. The number of methoxy groups -OCH3 is 2. The second-order valence-corrected chi connectivity index (χ2v) is 6.18. The molecule has 28 heavy (non-hydrogen) atoms. The van der Waals surface area contributed by atoms with E-state index in [9.17, 15) is 14.4 Å². The molecule has 0 saturated heterocycles. The smallest absolute Gasteiger partial charge is 0.339 e. The number of hydrogen-bond donors (Lipinski definition) is 1. The van der Waals surface area contributed by atoms with Crippen LogP contribution in [-0.4, -0.2) is 38.0 Å². The molecule has 148 valence electrons. The number of ether oxygens (including phenoxy) is 3. The Morgan fingerprint density at radius 1 is 0.929 bits per heavy atom. The Hall–Kier alpha value is -3.35. The van der Waals surface area contributed by atoms with Crippen molar-refractivity contribution in [3.63, 3.8) is 0 Å². The molecule has 0 saturated carbocycles. The Kier molecular flexibility index (Phi) is 6.76. The highest BCUT2D eigenvalue weighted by molar-refractivity contribution is 6.02. The molecule has 2 aromatic carbocycles. The molecule has 0 radical (unpaired) electrons. The number of anilines is 1. The first-order chi connectivity index (χ1) is 13.3. The number of rotatable bonds is 7. The van der Waals surface area contributed by atoms with E-state index in [1.165, 1.54) is 28.1 Å². The maximum Gasteiger partial charge on any atom is 0.339 e. The van der Waals surface area contributed by atoms with Gasteiger partial charge in [0.1, 0.15) is 11.5 Å². The van der Waals surface area contributed by atoms with Gasteiger partial charge in [0.25, 0.3) is 0 Å². The molecule has 1 N–H and O–H groups in total. The topological polar surface area (TPSA) is 90.9 Å². The van der Waals surface area contributed by atoms with Crippen molar-refractivity contribution in [2.45, 2.75) is 26.9 Å². The van der Waals surface area contributed by atoms with Crippen molar-refractivity contribution in [2.75, 3.05) is 19.5 Å². The van der Waals surface area contributed by atoms with Crippen molar-refractivity contribution in [1.82, 2.24) is 0 Å². The molecule has 2 aromatic rings. The summed E-state index contributed by atoms with van der Waals surface area (Å²) in [6.45, 7) is 4.71. The first kappa shape index (κ1) is 21.0. The van der Waals surface area contributed by atoms with E-state index in [-0.39, 0.29) is 17.3 Å². The third kappa shape index (κ3) is 4.88. The molecule has 2 rings (SSSR count). The van der Waals surface area contributed by atoms with E-state index in [0.717, 1.165) is 5.56 Å². The van der Waals surface area contributed by atoms with Crippen LogP contribution in [0, 0.1) is 6.92 Å². The molecule has 0 fully saturated rings.